The van der Waals surface area contributed by atoms with Gasteiger partial charge in [-0.15, -0.1) is 0 Å². The molecule has 6 aliphatic rings. The van der Waals surface area contributed by atoms with Crippen LogP contribution in [0.1, 0.15) is 130 Å². The van der Waals surface area contributed by atoms with E-state index >= 15 is 0 Å². The largest absolute Gasteiger partial charge is 1.00 e. The van der Waals surface area contributed by atoms with Crippen LogP contribution in [0.2, 0.25) is 0 Å². The van der Waals surface area contributed by atoms with Crippen molar-refractivity contribution in [1.29, 1.82) is 0 Å². The van der Waals surface area contributed by atoms with Gasteiger partial charge < -0.3 is 24.8 Å². The number of hydrogen-bond acceptors (Lipinski definition) is 0. The predicted molar refractivity (Wildman–Crippen MR) is 179 cm³/mol. The average molecular weight is 709 g/mol. The summed E-state index contributed by atoms with van der Waals surface area (Å²) in [5, 5.41) is 0. The van der Waals surface area contributed by atoms with Crippen LogP contribution in [-0.4, -0.2) is 3.21 Å². The second kappa shape index (κ2) is 11.4. The van der Waals surface area contributed by atoms with E-state index in [1.807, 2.05) is 0 Å². The van der Waals surface area contributed by atoms with E-state index in [0.717, 1.165) is 24.2 Å². The summed E-state index contributed by atoms with van der Waals surface area (Å²) in [5.74, 6) is 3.00. The van der Waals surface area contributed by atoms with Crippen molar-refractivity contribution in [3.05, 3.63) is 73.6 Å². The zero-order valence-corrected chi connectivity index (χ0v) is 32.9. The molecule has 4 fully saturated rings. The number of rotatable bonds is 3. The summed E-state index contributed by atoms with van der Waals surface area (Å²) in [6.07, 6.45) is 15.8. The Morgan fingerprint density at radius 2 is 1.30 bits per heavy atom. The van der Waals surface area contributed by atoms with Gasteiger partial charge in [0.05, 0.1) is 0 Å². The van der Waals surface area contributed by atoms with Crippen molar-refractivity contribution in [3.8, 4) is 11.1 Å². The molecule has 2 aromatic carbocycles. The molecule has 2 aromatic rings. The van der Waals surface area contributed by atoms with Crippen LogP contribution in [0.4, 0.5) is 0 Å². The molecule has 6 aliphatic carbocycles. The van der Waals surface area contributed by atoms with Crippen LogP contribution < -0.4 is 28.1 Å². The summed E-state index contributed by atoms with van der Waals surface area (Å²) < 4.78 is 5.29. The van der Waals surface area contributed by atoms with Crippen molar-refractivity contribution < 1.29 is 46.1 Å². The normalized spacial score (nSPS) is 29.5. The predicted octanol–water partition coefficient (Wildman–Crippen LogP) is 4.38. The van der Waals surface area contributed by atoms with Gasteiger partial charge in [-0.25, -0.2) is 0 Å². The van der Waals surface area contributed by atoms with Gasteiger partial charge in [0, 0.05) is 0 Å². The maximum Gasteiger partial charge on any atom is -1.00 e. The monoisotopic (exact) mass is 706 g/mol. The molecule has 1 unspecified atom stereocenters. The van der Waals surface area contributed by atoms with E-state index in [0.29, 0.717) is 5.41 Å². The van der Waals surface area contributed by atoms with E-state index in [2.05, 4.69) is 112 Å². The maximum absolute atomic E-state index is 2.90. The van der Waals surface area contributed by atoms with Gasteiger partial charge >= 0.3 is 266 Å². The third-order valence-corrected chi connectivity index (χ3v) is 19.9. The molecule has 0 nitrogen and oxygen atoms in total. The van der Waals surface area contributed by atoms with Gasteiger partial charge in [0.25, 0.3) is 0 Å². The molecule has 0 aromatic heterocycles. The Morgan fingerprint density at radius 1 is 0.750 bits per heavy atom. The second-order valence-electron chi connectivity index (χ2n) is 17.8. The minimum Gasteiger partial charge on any atom is -1.00 e. The van der Waals surface area contributed by atoms with Crippen LogP contribution >= 0.6 is 0 Å². The van der Waals surface area contributed by atoms with Crippen LogP contribution in [0, 0.1) is 28.6 Å². The summed E-state index contributed by atoms with van der Waals surface area (Å²) in [7, 11) is 0. The molecule has 4 saturated carbocycles. The number of allylic oxidation sites excluding steroid dienone is 4. The molecule has 0 amide bonds. The average Bonchev–Trinajstić information content (AvgIpc) is 3.39. The van der Waals surface area contributed by atoms with Gasteiger partial charge in [-0.05, 0) is 0 Å². The maximum atomic E-state index is 2.90. The van der Waals surface area contributed by atoms with Crippen molar-refractivity contribution in [1.82, 2.24) is 0 Å². The first-order valence-corrected chi connectivity index (χ1v) is 20.7. The molecule has 8 rings (SSSR count). The molecular formula is C41H54Cl2Zr. The van der Waals surface area contributed by atoms with Gasteiger partial charge in [0.15, 0.2) is 0 Å². The Labute approximate surface area is 288 Å². The fourth-order valence-electron chi connectivity index (χ4n) is 10.4. The summed E-state index contributed by atoms with van der Waals surface area (Å²) in [5.41, 5.74) is 11.9. The molecule has 44 heavy (non-hydrogen) atoms. The smallest absolute Gasteiger partial charge is 1.00 e. The van der Waals surface area contributed by atoms with Crippen molar-refractivity contribution in [2.45, 2.75) is 125 Å². The molecule has 1 atom stereocenters. The number of benzene rings is 2. The number of hydrogen-bond donors (Lipinski definition) is 0. The molecular weight excluding hydrogens is 655 g/mol. The zero-order chi connectivity index (χ0) is 30.0. The van der Waals surface area contributed by atoms with Crippen LogP contribution in [0.3, 0.4) is 0 Å². The zero-order valence-electron chi connectivity index (χ0n) is 29.0. The second-order valence-corrected chi connectivity index (χ2v) is 24.8. The van der Waals surface area contributed by atoms with Crippen LogP contribution in [-0.2, 0) is 38.5 Å². The third-order valence-electron chi connectivity index (χ3n) is 12.4. The molecule has 236 valence electrons. The molecule has 3 heteroatoms. The molecule has 0 N–H and O–H groups in total. The third kappa shape index (κ3) is 5.50. The quantitative estimate of drug-likeness (QED) is 0.379. The number of halogens is 2. The Bertz CT molecular complexity index is 1550. The Hall–Kier alpha value is -0.747. The minimum absolute atomic E-state index is 0. The molecule has 0 heterocycles. The van der Waals surface area contributed by atoms with Gasteiger partial charge in [-0.1, -0.05) is 0 Å². The fraction of sp³-hybridized carbons (Fsp3) is 0.585. The SMILES string of the molecule is CC1=CC(C)(C23CC4CC(CC(C4)C2)C3)C=[C]1[Zr+2](=[C](C)C)[c]1cc(C(C)(C)C)cc2c1Cc1ccc(C(C)(C)C)cc1-2.[Cl-].[Cl-]. The molecule has 0 saturated heterocycles. The summed E-state index contributed by atoms with van der Waals surface area (Å²) in [6.45, 7) is 24.4. The van der Waals surface area contributed by atoms with Crippen molar-refractivity contribution in [3.63, 3.8) is 0 Å². The first-order chi connectivity index (χ1) is 19.6. The first-order valence-electron chi connectivity index (χ1n) is 17.0. The van der Waals surface area contributed by atoms with E-state index in [1.165, 1.54) is 60.8 Å². The van der Waals surface area contributed by atoms with Crippen LogP contribution in [0.15, 0.2) is 51.3 Å². The van der Waals surface area contributed by atoms with E-state index in [9.17, 15) is 0 Å². The van der Waals surface area contributed by atoms with E-state index in [4.69, 9.17) is 0 Å². The Morgan fingerprint density at radius 3 is 1.82 bits per heavy atom. The standard InChI is InChI=1S/C21H25.C17H23.C3H6.2ClH.Zr/c1-20(2,3)16-9-7-14-11-15-8-10-17(21(4,5)6)13-19(15)18(14)12-16;1-12-3-4-16(2,8-12)17-9-13-5-14(10-17)7-15(6-13)11-17;1-3-2;;;/h7,9-10,12-13H,11H2,1-6H3;4,8,13-15H,5-7,9-11H2,1-2H3;1-2H3;2*1H;/q;;;;;+2/p-2. The minimum atomic E-state index is -2.37. The Kier molecular flexibility index (Phi) is 9.00. The van der Waals surface area contributed by atoms with E-state index in [1.54, 1.807) is 26.5 Å². The van der Waals surface area contributed by atoms with Crippen molar-refractivity contribution in [2.24, 2.45) is 28.6 Å². The van der Waals surface area contributed by atoms with Crippen LogP contribution in [0.5, 0.6) is 0 Å². The van der Waals surface area contributed by atoms with Crippen molar-refractivity contribution in [2.75, 3.05) is 0 Å². The molecule has 4 bridgehead atoms. The van der Waals surface area contributed by atoms with Crippen molar-refractivity contribution >= 4 is 6.48 Å². The van der Waals surface area contributed by atoms with Gasteiger partial charge in [-0.2, -0.15) is 0 Å². The van der Waals surface area contributed by atoms with Gasteiger partial charge in [0.1, 0.15) is 0 Å². The summed E-state index contributed by atoms with van der Waals surface area (Å²) in [6, 6.07) is 12.7. The first kappa shape index (κ1) is 34.6. The van der Waals surface area contributed by atoms with E-state index in [-0.39, 0.29) is 41.1 Å². The molecule has 0 aliphatic heterocycles. The Balaban J connectivity index is 0.00000192. The number of fused-ring (bicyclic) bond motifs is 3. The van der Waals surface area contributed by atoms with E-state index < -0.39 is 21.3 Å². The van der Waals surface area contributed by atoms with Crippen LogP contribution in [0.25, 0.3) is 11.1 Å². The molecule has 0 spiro atoms. The van der Waals surface area contributed by atoms with Gasteiger partial charge in [0.2, 0.25) is 0 Å². The fourth-order valence-corrected chi connectivity index (χ4v) is 18.0. The summed E-state index contributed by atoms with van der Waals surface area (Å²) >= 11 is -2.37. The summed E-state index contributed by atoms with van der Waals surface area (Å²) in [4.78, 5) is 0. The van der Waals surface area contributed by atoms with Gasteiger partial charge in [-0.3, -0.25) is 0 Å². The molecule has 0 radical (unpaired) electrons. The topological polar surface area (TPSA) is 0 Å².